The van der Waals surface area contributed by atoms with Crippen LogP contribution in [0.2, 0.25) is 0 Å². The molecule has 0 fully saturated rings. The molecule has 0 bridgehead atoms. The molecule has 0 spiro atoms. The van der Waals surface area contributed by atoms with E-state index in [4.69, 9.17) is 9.84 Å². The molecule has 5 nitrogen and oxygen atoms in total. The van der Waals surface area contributed by atoms with E-state index in [1.165, 1.54) is 11.9 Å². The first-order valence-corrected chi connectivity index (χ1v) is 5.74. The van der Waals surface area contributed by atoms with Gasteiger partial charge < -0.3 is 14.7 Å². The first-order chi connectivity index (χ1) is 8.54. The van der Waals surface area contributed by atoms with E-state index in [0.717, 1.165) is 11.3 Å². The summed E-state index contributed by atoms with van der Waals surface area (Å²) >= 11 is 0. The summed E-state index contributed by atoms with van der Waals surface area (Å²) in [6.45, 7) is 2.91. The second-order valence-electron chi connectivity index (χ2n) is 3.86. The molecule has 1 amide bonds. The normalized spacial score (nSPS) is 9.89. The lowest BCUT2D eigenvalue weighted by molar-refractivity contribution is -0.155. The highest BCUT2D eigenvalue weighted by atomic mass is 16.5. The van der Waals surface area contributed by atoms with Crippen LogP contribution in [0.15, 0.2) is 24.3 Å². The summed E-state index contributed by atoms with van der Waals surface area (Å²) in [7, 11) is 1.48. The van der Waals surface area contributed by atoms with E-state index in [9.17, 15) is 9.59 Å². The maximum Gasteiger partial charge on any atom is 0.394 e. The zero-order valence-electron chi connectivity index (χ0n) is 10.5. The Balaban J connectivity index is 2.48. The fraction of sp³-hybridized carbons (Fsp3) is 0.385. The molecule has 1 N–H and O–H groups in total. The SMILES string of the molecule is CCOc1ccc(CCN(C)C(=O)C(=O)O)cc1. The zero-order chi connectivity index (χ0) is 13.5. The number of nitrogens with zero attached hydrogens (tertiary/aromatic N) is 1. The molecule has 18 heavy (non-hydrogen) atoms. The second kappa shape index (κ2) is 6.64. The van der Waals surface area contributed by atoms with Crippen LogP contribution in [-0.4, -0.2) is 42.1 Å². The zero-order valence-corrected chi connectivity index (χ0v) is 10.5. The van der Waals surface area contributed by atoms with Gasteiger partial charge in [-0.3, -0.25) is 4.79 Å². The van der Waals surface area contributed by atoms with Gasteiger partial charge in [0.15, 0.2) is 0 Å². The summed E-state index contributed by atoms with van der Waals surface area (Å²) in [6.07, 6.45) is 0.613. The first-order valence-electron chi connectivity index (χ1n) is 5.74. The van der Waals surface area contributed by atoms with Gasteiger partial charge in [-0.15, -0.1) is 0 Å². The minimum atomic E-state index is -1.43. The molecule has 1 rings (SSSR count). The van der Waals surface area contributed by atoms with Crippen molar-refractivity contribution in [1.82, 2.24) is 4.90 Å². The number of ether oxygens (including phenoxy) is 1. The van der Waals surface area contributed by atoms with Crippen LogP contribution in [-0.2, 0) is 16.0 Å². The molecule has 0 atom stereocenters. The Hall–Kier alpha value is -2.04. The van der Waals surface area contributed by atoms with Crippen LogP contribution >= 0.6 is 0 Å². The minimum Gasteiger partial charge on any atom is -0.494 e. The second-order valence-corrected chi connectivity index (χ2v) is 3.86. The largest absolute Gasteiger partial charge is 0.494 e. The molecule has 0 aromatic heterocycles. The maximum atomic E-state index is 11.1. The molecule has 0 aliphatic rings. The van der Waals surface area contributed by atoms with Crippen LogP contribution in [0.4, 0.5) is 0 Å². The Labute approximate surface area is 106 Å². The quantitative estimate of drug-likeness (QED) is 0.798. The molecule has 0 aliphatic heterocycles. The molecule has 5 heteroatoms. The topological polar surface area (TPSA) is 66.8 Å². The Morgan fingerprint density at radius 2 is 1.89 bits per heavy atom. The highest BCUT2D eigenvalue weighted by Gasteiger charge is 2.16. The highest BCUT2D eigenvalue weighted by Crippen LogP contribution is 2.12. The fourth-order valence-electron chi connectivity index (χ4n) is 1.48. The van der Waals surface area contributed by atoms with Crippen LogP contribution in [0, 0.1) is 0 Å². The van der Waals surface area contributed by atoms with Gasteiger partial charge in [0.25, 0.3) is 0 Å². The number of amides is 1. The van der Waals surface area contributed by atoms with Gasteiger partial charge in [0.05, 0.1) is 6.61 Å². The number of aliphatic carboxylic acids is 1. The lowest BCUT2D eigenvalue weighted by Crippen LogP contribution is -2.34. The van der Waals surface area contributed by atoms with E-state index in [1.807, 2.05) is 31.2 Å². The van der Waals surface area contributed by atoms with Gasteiger partial charge in [-0.05, 0) is 31.0 Å². The number of likely N-dealkylation sites (N-methyl/N-ethyl adjacent to an activating group) is 1. The van der Waals surface area contributed by atoms with Crippen molar-refractivity contribution in [2.75, 3.05) is 20.2 Å². The molecule has 98 valence electrons. The number of rotatable bonds is 5. The number of hydrogen-bond acceptors (Lipinski definition) is 3. The number of carboxylic acid groups (broad SMARTS) is 1. The third-order valence-corrected chi connectivity index (χ3v) is 2.50. The highest BCUT2D eigenvalue weighted by molar-refractivity contribution is 6.31. The molecule has 1 aromatic carbocycles. The maximum absolute atomic E-state index is 11.1. The summed E-state index contributed by atoms with van der Waals surface area (Å²) in [5, 5.41) is 8.54. The van der Waals surface area contributed by atoms with Crippen molar-refractivity contribution in [3.05, 3.63) is 29.8 Å². The smallest absolute Gasteiger partial charge is 0.394 e. The van der Waals surface area contributed by atoms with Crippen LogP contribution in [0.5, 0.6) is 5.75 Å². The fourth-order valence-corrected chi connectivity index (χ4v) is 1.48. The van der Waals surface area contributed by atoms with Gasteiger partial charge in [-0.1, -0.05) is 12.1 Å². The van der Waals surface area contributed by atoms with E-state index in [-0.39, 0.29) is 0 Å². The molecule has 0 saturated heterocycles. The van der Waals surface area contributed by atoms with Crippen molar-refractivity contribution in [3.8, 4) is 5.75 Å². The van der Waals surface area contributed by atoms with Crippen molar-refractivity contribution < 1.29 is 19.4 Å². The standard InChI is InChI=1S/C13H17NO4/c1-3-18-11-6-4-10(5-7-11)8-9-14(2)12(15)13(16)17/h4-7H,3,8-9H2,1-2H3,(H,16,17). The van der Waals surface area contributed by atoms with Crippen LogP contribution < -0.4 is 4.74 Å². The number of carbonyl (C=O) groups excluding carboxylic acids is 1. The molecular formula is C13H17NO4. The van der Waals surface area contributed by atoms with Crippen LogP contribution in [0.1, 0.15) is 12.5 Å². The molecule has 0 heterocycles. The Bertz CT molecular complexity index is 414. The van der Waals surface area contributed by atoms with Crippen molar-refractivity contribution >= 4 is 11.9 Å². The van der Waals surface area contributed by atoms with Gasteiger partial charge in [0, 0.05) is 13.6 Å². The van der Waals surface area contributed by atoms with E-state index < -0.39 is 11.9 Å². The summed E-state index contributed by atoms with van der Waals surface area (Å²) in [5.41, 5.74) is 1.03. The third-order valence-electron chi connectivity index (χ3n) is 2.50. The molecule has 0 saturated carbocycles. The molecule has 0 unspecified atom stereocenters. The van der Waals surface area contributed by atoms with Crippen LogP contribution in [0.25, 0.3) is 0 Å². The van der Waals surface area contributed by atoms with Crippen LogP contribution in [0.3, 0.4) is 0 Å². The monoisotopic (exact) mass is 251 g/mol. The lowest BCUT2D eigenvalue weighted by Gasteiger charge is -2.14. The van der Waals surface area contributed by atoms with Crippen molar-refractivity contribution in [3.63, 3.8) is 0 Å². The minimum absolute atomic E-state index is 0.374. The van der Waals surface area contributed by atoms with Crippen molar-refractivity contribution in [2.45, 2.75) is 13.3 Å². The summed E-state index contributed by atoms with van der Waals surface area (Å²) in [5.74, 6) is -1.51. The first kappa shape index (κ1) is 14.0. The number of benzene rings is 1. The average molecular weight is 251 g/mol. The number of carbonyl (C=O) groups is 2. The van der Waals surface area contributed by atoms with E-state index in [1.54, 1.807) is 0 Å². The molecule has 0 radical (unpaired) electrons. The molecule has 0 aliphatic carbocycles. The Kier molecular flexibility index (Phi) is 5.17. The molecular weight excluding hydrogens is 234 g/mol. The van der Waals surface area contributed by atoms with E-state index in [0.29, 0.717) is 19.6 Å². The lowest BCUT2D eigenvalue weighted by atomic mass is 10.1. The predicted octanol–water partition coefficient (Wildman–Crippen LogP) is 1.17. The van der Waals surface area contributed by atoms with Gasteiger partial charge in [-0.2, -0.15) is 0 Å². The summed E-state index contributed by atoms with van der Waals surface area (Å²) in [6, 6.07) is 7.53. The van der Waals surface area contributed by atoms with Gasteiger partial charge in [0.1, 0.15) is 5.75 Å². The Morgan fingerprint density at radius 1 is 1.28 bits per heavy atom. The van der Waals surface area contributed by atoms with Crippen molar-refractivity contribution in [2.24, 2.45) is 0 Å². The van der Waals surface area contributed by atoms with E-state index in [2.05, 4.69) is 0 Å². The Morgan fingerprint density at radius 3 is 2.39 bits per heavy atom. The summed E-state index contributed by atoms with van der Waals surface area (Å²) < 4.78 is 5.31. The number of carboxylic acids is 1. The van der Waals surface area contributed by atoms with Gasteiger partial charge in [-0.25, -0.2) is 4.79 Å². The number of hydrogen-bond donors (Lipinski definition) is 1. The van der Waals surface area contributed by atoms with Gasteiger partial charge >= 0.3 is 11.9 Å². The third kappa shape index (κ3) is 4.08. The summed E-state index contributed by atoms with van der Waals surface area (Å²) in [4.78, 5) is 22.8. The van der Waals surface area contributed by atoms with E-state index >= 15 is 0 Å². The average Bonchev–Trinajstić information content (AvgIpc) is 2.37. The van der Waals surface area contributed by atoms with Crippen molar-refractivity contribution in [1.29, 1.82) is 0 Å². The van der Waals surface area contributed by atoms with Gasteiger partial charge in [0.2, 0.25) is 0 Å². The predicted molar refractivity (Wildman–Crippen MR) is 66.6 cm³/mol. The molecule has 1 aromatic rings.